The molecule has 0 atom stereocenters. The number of aromatic nitrogens is 1. The highest BCUT2D eigenvalue weighted by molar-refractivity contribution is 6.42. The first-order valence-electron chi connectivity index (χ1n) is 7.95. The number of carbonyl (C=O) groups excluding carboxylic acids is 1. The highest BCUT2D eigenvalue weighted by atomic mass is 35.5. The molecule has 3 N–H and O–H groups in total. The fourth-order valence-corrected chi connectivity index (χ4v) is 3.37. The summed E-state index contributed by atoms with van der Waals surface area (Å²) in [6, 6.07) is 9.04. The molecule has 3 rings (SSSR count). The number of benzene rings is 2. The Kier molecular flexibility index (Phi) is 4.95. The minimum Gasteiger partial charge on any atom is -0.477 e. The van der Waals surface area contributed by atoms with E-state index in [4.69, 9.17) is 28.9 Å². The van der Waals surface area contributed by atoms with Gasteiger partial charge in [0.15, 0.2) is 0 Å². The summed E-state index contributed by atoms with van der Waals surface area (Å²) in [4.78, 5) is 36.3. The Morgan fingerprint density at radius 1 is 1.11 bits per heavy atom. The fourth-order valence-electron chi connectivity index (χ4n) is 3.07. The van der Waals surface area contributed by atoms with E-state index in [0.717, 1.165) is 0 Å². The van der Waals surface area contributed by atoms with E-state index < -0.39 is 22.9 Å². The van der Waals surface area contributed by atoms with Crippen molar-refractivity contribution >= 4 is 46.0 Å². The van der Waals surface area contributed by atoms with Gasteiger partial charge in [-0.2, -0.15) is 0 Å². The van der Waals surface area contributed by atoms with Crippen LogP contribution in [-0.2, 0) is 6.54 Å². The standard InChI is InChI=1S/C19H14Cl2N2O4/c1-2-23-14-6-4-10(18(22)25)7-11(14)17(24)15(19(26)27)16(23)9-3-5-12(20)13(21)8-9/h3-8H,2H2,1H3,(H2,22,25)(H,26,27). The number of halogens is 2. The molecule has 0 fully saturated rings. The van der Waals surface area contributed by atoms with Gasteiger partial charge in [-0.3, -0.25) is 9.59 Å². The highest BCUT2D eigenvalue weighted by Gasteiger charge is 2.23. The molecule has 3 aromatic rings. The van der Waals surface area contributed by atoms with Crippen LogP contribution in [0, 0.1) is 0 Å². The lowest BCUT2D eigenvalue weighted by molar-refractivity contribution is 0.0695. The lowest BCUT2D eigenvalue weighted by Crippen LogP contribution is -2.23. The van der Waals surface area contributed by atoms with Crippen molar-refractivity contribution in [3.05, 3.63) is 67.8 Å². The summed E-state index contributed by atoms with van der Waals surface area (Å²) in [7, 11) is 0. The van der Waals surface area contributed by atoms with Crippen LogP contribution >= 0.6 is 23.2 Å². The van der Waals surface area contributed by atoms with Crippen molar-refractivity contribution in [3.8, 4) is 11.3 Å². The Hall–Kier alpha value is -2.83. The van der Waals surface area contributed by atoms with Gasteiger partial charge < -0.3 is 15.4 Å². The van der Waals surface area contributed by atoms with Crippen molar-refractivity contribution in [1.29, 1.82) is 0 Å². The number of primary amides is 1. The molecule has 1 amide bonds. The van der Waals surface area contributed by atoms with Crippen LogP contribution in [0.15, 0.2) is 41.2 Å². The van der Waals surface area contributed by atoms with E-state index in [-0.39, 0.29) is 21.7 Å². The second-order valence-corrected chi connectivity index (χ2v) is 6.64. The molecule has 0 saturated heterocycles. The summed E-state index contributed by atoms with van der Waals surface area (Å²) in [5.74, 6) is -2.08. The zero-order valence-electron chi connectivity index (χ0n) is 14.1. The second-order valence-electron chi connectivity index (χ2n) is 5.83. The van der Waals surface area contributed by atoms with Crippen molar-refractivity contribution < 1.29 is 14.7 Å². The van der Waals surface area contributed by atoms with E-state index in [1.165, 1.54) is 24.3 Å². The summed E-state index contributed by atoms with van der Waals surface area (Å²) >= 11 is 12.0. The Morgan fingerprint density at radius 3 is 2.37 bits per heavy atom. The zero-order chi connectivity index (χ0) is 19.9. The maximum atomic E-state index is 13.0. The summed E-state index contributed by atoms with van der Waals surface area (Å²) < 4.78 is 1.69. The van der Waals surface area contributed by atoms with Crippen LogP contribution in [-0.4, -0.2) is 21.6 Å². The number of amides is 1. The van der Waals surface area contributed by atoms with Crippen LogP contribution in [0.3, 0.4) is 0 Å². The molecule has 0 saturated carbocycles. The number of pyridine rings is 1. The normalized spacial score (nSPS) is 10.9. The number of rotatable bonds is 4. The van der Waals surface area contributed by atoms with Crippen molar-refractivity contribution in [2.24, 2.45) is 5.73 Å². The summed E-state index contributed by atoms with van der Waals surface area (Å²) in [6.07, 6.45) is 0. The minimum atomic E-state index is -1.38. The van der Waals surface area contributed by atoms with Gasteiger partial charge in [-0.1, -0.05) is 29.3 Å². The number of hydrogen-bond donors (Lipinski definition) is 2. The second kappa shape index (κ2) is 7.06. The Labute approximate surface area is 163 Å². The number of aromatic carboxylic acids is 1. The topological polar surface area (TPSA) is 102 Å². The summed E-state index contributed by atoms with van der Waals surface area (Å²) in [5, 5.41) is 10.4. The number of carboxylic acids is 1. The number of hydrogen-bond acceptors (Lipinski definition) is 3. The lowest BCUT2D eigenvalue weighted by atomic mass is 10.00. The minimum absolute atomic E-state index is 0.106. The summed E-state index contributed by atoms with van der Waals surface area (Å²) in [6.45, 7) is 2.20. The molecular weight excluding hydrogens is 391 g/mol. The van der Waals surface area contributed by atoms with Gasteiger partial charge in [0, 0.05) is 23.1 Å². The van der Waals surface area contributed by atoms with Crippen molar-refractivity contribution in [3.63, 3.8) is 0 Å². The first kappa shape index (κ1) is 18.9. The molecular formula is C19H14Cl2N2O4. The Bertz CT molecular complexity index is 1170. The molecule has 1 aromatic heterocycles. The lowest BCUT2D eigenvalue weighted by Gasteiger charge is -2.19. The van der Waals surface area contributed by atoms with Gasteiger partial charge in [-0.05, 0) is 37.3 Å². The molecule has 0 aliphatic heterocycles. The fraction of sp³-hybridized carbons (Fsp3) is 0.105. The van der Waals surface area contributed by atoms with Crippen molar-refractivity contribution in [1.82, 2.24) is 4.57 Å². The molecule has 2 aromatic carbocycles. The first-order valence-corrected chi connectivity index (χ1v) is 8.71. The number of carboxylic acid groups (broad SMARTS) is 1. The van der Waals surface area contributed by atoms with E-state index in [1.807, 2.05) is 6.92 Å². The molecule has 27 heavy (non-hydrogen) atoms. The van der Waals surface area contributed by atoms with E-state index in [0.29, 0.717) is 22.6 Å². The first-order chi connectivity index (χ1) is 12.8. The van der Waals surface area contributed by atoms with Gasteiger partial charge >= 0.3 is 5.97 Å². The van der Waals surface area contributed by atoms with E-state index in [9.17, 15) is 19.5 Å². The van der Waals surface area contributed by atoms with Crippen molar-refractivity contribution in [2.75, 3.05) is 0 Å². The van der Waals surface area contributed by atoms with E-state index in [2.05, 4.69) is 0 Å². The van der Waals surface area contributed by atoms with Crippen LogP contribution in [0.4, 0.5) is 0 Å². The largest absolute Gasteiger partial charge is 0.477 e. The molecule has 8 heteroatoms. The van der Waals surface area contributed by atoms with Gasteiger partial charge in [0.2, 0.25) is 11.3 Å². The van der Waals surface area contributed by atoms with Gasteiger partial charge in [0.1, 0.15) is 5.56 Å². The predicted molar refractivity (Wildman–Crippen MR) is 105 cm³/mol. The predicted octanol–water partition coefficient (Wildman–Crippen LogP) is 3.79. The Balaban J connectivity index is 2.52. The molecule has 1 heterocycles. The maximum absolute atomic E-state index is 13.0. The van der Waals surface area contributed by atoms with Crippen LogP contribution in [0.5, 0.6) is 0 Å². The van der Waals surface area contributed by atoms with E-state index >= 15 is 0 Å². The molecule has 0 aliphatic carbocycles. The number of nitrogens with two attached hydrogens (primary N) is 1. The maximum Gasteiger partial charge on any atom is 0.341 e. The van der Waals surface area contributed by atoms with Crippen LogP contribution in [0.25, 0.3) is 22.2 Å². The van der Waals surface area contributed by atoms with Crippen molar-refractivity contribution in [2.45, 2.75) is 13.5 Å². The number of fused-ring (bicyclic) bond motifs is 1. The van der Waals surface area contributed by atoms with Crippen LogP contribution in [0.2, 0.25) is 10.0 Å². The average Bonchev–Trinajstić information content (AvgIpc) is 2.63. The molecule has 0 bridgehead atoms. The smallest absolute Gasteiger partial charge is 0.341 e. The third-order valence-electron chi connectivity index (χ3n) is 4.27. The number of aryl methyl sites for hydroxylation is 1. The van der Waals surface area contributed by atoms with Gasteiger partial charge in [-0.25, -0.2) is 4.79 Å². The van der Waals surface area contributed by atoms with Gasteiger partial charge in [-0.15, -0.1) is 0 Å². The highest BCUT2D eigenvalue weighted by Crippen LogP contribution is 2.32. The quantitative estimate of drug-likeness (QED) is 0.689. The molecule has 6 nitrogen and oxygen atoms in total. The molecule has 0 radical (unpaired) electrons. The van der Waals surface area contributed by atoms with Gasteiger partial charge in [0.25, 0.3) is 0 Å². The molecule has 0 spiro atoms. The third-order valence-corrected chi connectivity index (χ3v) is 5.01. The monoisotopic (exact) mass is 404 g/mol. The average molecular weight is 405 g/mol. The number of carbonyl (C=O) groups is 2. The number of nitrogens with zero attached hydrogens (tertiary/aromatic N) is 1. The third kappa shape index (κ3) is 3.18. The Morgan fingerprint density at radius 2 is 1.81 bits per heavy atom. The van der Waals surface area contributed by atoms with Crippen LogP contribution < -0.4 is 11.2 Å². The van der Waals surface area contributed by atoms with Crippen LogP contribution in [0.1, 0.15) is 27.6 Å². The van der Waals surface area contributed by atoms with Gasteiger partial charge in [0.05, 0.1) is 21.3 Å². The molecule has 0 aliphatic rings. The zero-order valence-corrected chi connectivity index (χ0v) is 15.6. The SMILES string of the molecule is CCn1c(-c2ccc(Cl)c(Cl)c2)c(C(=O)O)c(=O)c2cc(C(N)=O)ccc21. The molecule has 138 valence electrons. The summed E-state index contributed by atoms with van der Waals surface area (Å²) in [5.41, 5.74) is 5.44. The molecule has 0 unspecified atom stereocenters. The van der Waals surface area contributed by atoms with E-state index in [1.54, 1.807) is 16.7 Å².